The molecule has 28 heavy (non-hydrogen) atoms. The number of hydrogen-bond donors (Lipinski definition) is 0. The first-order valence-electron chi connectivity index (χ1n) is 9.53. The Labute approximate surface area is 164 Å². The highest BCUT2D eigenvalue weighted by molar-refractivity contribution is 5.73. The molecule has 5 heteroatoms. The van der Waals surface area contributed by atoms with Gasteiger partial charge in [-0.1, -0.05) is 65.9 Å². The molecule has 0 bridgehead atoms. The molecule has 0 spiro atoms. The first-order valence-corrected chi connectivity index (χ1v) is 9.53. The van der Waals surface area contributed by atoms with Gasteiger partial charge in [0.2, 0.25) is 0 Å². The molecule has 4 aromatic rings. The van der Waals surface area contributed by atoms with Gasteiger partial charge in [-0.15, -0.1) is 5.10 Å². The van der Waals surface area contributed by atoms with Crippen LogP contribution in [-0.4, -0.2) is 21.6 Å². The molecule has 1 heterocycles. The largest absolute Gasteiger partial charge is 0.468 e. The molecule has 0 aliphatic rings. The fraction of sp³-hybridized carbons (Fsp3) is 0.217. The zero-order chi connectivity index (χ0) is 19.2. The van der Waals surface area contributed by atoms with Crippen LogP contribution in [0, 0.1) is 0 Å². The summed E-state index contributed by atoms with van der Waals surface area (Å²) in [6.45, 7) is 2.63. The predicted molar refractivity (Wildman–Crippen MR) is 109 cm³/mol. The quantitative estimate of drug-likeness (QED) is 0.427. The molecule has 0 fully saturated rings. The molecule has 0 saturated heterocycles. The van der Waals surface area contributed by atoms with Crippen LogP contribution in [0.5, 0.6) is 5.75 Å². The summed E-state index contributed by atoms with van der Waals surface area (Å²) in [5, 5.41) is 8.68. The van der Waals surface area contributed by atoms with Crippen LogP contribution in [0.3, 0.4) is 0 Å². The van der Waals surface area contributed by atoms with E-state index in [1.807, 2.05) is 84.4 Å². The number of nitrogens with zero attached hydrogens (tertiary/aromatic N) is 3. The van der Waals surface area contributed by atoms with Gasteiger partial charge in [0.1, 0.15) is 11.3 Å². The summed E-state index contributed by atoms with van der Waals surface area (Å²) < 4.78 is 14.3. The molecule has 3 aromatic carbocycles. The summed E-state index contributed by atoms with van der Waals surface area (Å²) in [5.41, 5.74) is 2.90. The van der Waals surface area contributed by atoms with E-state index < -0.39 is 0 Å². The Balaban J connectivity index is 1.69. The van der Waals surface area contributed by atoms with Gasteiger partial charge >= 0.3 is 0 Å². The van der Waals surface area contributed by atoms with E-state index in [0.29, 0.717) is 13.0 Å². The highest BCUT2D eigenvalue weighted by Gasteiger charge is 2.24. The Morgan fingerprint density at radius 2 is 1.54 bits per heavy atom. The van der Waals surface area contributed by atoms with E-state index in [-0.39, 0.29) is 12.3 Å². The molecule has 142 valence electrons. The van der Waals surface area contributed by atoms with Crippen molar-refractivity contribution in [1.29, 1.82) is 0 Å². The van der Waals surface area contributed by atoms with Crippen molar-refractivity contribution in [2.75, 3.05) is 6.61 Å². The van der Waals surface area contributed by atoms with Crippen molar-refractivity contribution >= 4 is 11.0 Å². The minimum atomic E-state index is -0.355. The second-order valence-electron chi connectivity index (χ2n) is 6.50. The highest BCUT2D eigenvalue weighted by atomic mass is 16.5. The zero-order valence-electron chi connectivity index (χ0n) is 15.8. The maximum absolute atomic E-state index is 6.35. The summed E-state index contributed by atoms with van der Waals surface area (Å²) in [6, 6.07) is 27.9. The van der Waals surface area contributed by atoms with Crippen molar-refractivity contribution in [1.82, 2.24) is 15.0 Å². The first-order chi connectivity index (χ1) is 13.8. The second kappa shape index (κ2) is 8.67. The summed E-state index contributed by atoms with van der Waals surface area (Å²) in [4.78, 5) is 0. The van der Waals surface area contributed by atoms with Gasteiger partial charge in [0.05, 0.1) is 11.6 Å². The van der Waals surface area contributed by atoms with E-state index >= 15 is 0 Å². The van der Waals surface area contributed by atoms with Crippen molar-refractivity contribution in [3.05, 3.63) is 90.5 Å². The molecule has 4 rings (SSSR count). The average Bonchev–Trinajstić information content (AvgIpc) is 3.18. The molecular formula is C23H23N3O2. The molecule has 0 amide bonds. The Hall–Kier alpha value is -3.18. The van der Waals surface area contributed by atoms with Crippen LogP contribution in [0.2, 0.25) is 0 Å². The lowest BCUT2D eigenvalue weighted by Gasteiger charge is -2.25. The summed E-state index contributed by atoms with van der Waals surface area (Å²) in [7, 11) is 0. The fourth-order valence-electron chi connectivity index (χ4n) is 3.31. The lowest BCUT2D eigenvalue weighted by atomic mass is 10.1. The normalized spacial score (nSPS) is 13.3. The average molecular weight is 373 g/mol. The number of fused-ring (bicyclic) bond motifs is 1. The van der Waals surface area contributed by atoms with Gasteiger partial charge in [0.25, 0.3) is 0 Å². The molecule has 0 N–H and O–H groups in total. The van der Waals surface area contributed by atoms with Crippen LogP contribution in [-0.2, 0) is 4.74 Å². The van der Waals surface area contributed by atoms with Gasteiger partial charge in [0.15, 0.2) is 6.23 Å². The molecule has 2 atom stereocenters. The number of aromatic nitrogens is 3. The lowest BCUT2D eigenvalue weighted by molar-refractivity contribution is 0.00137. The minimum absolute atomic E-state index is 0.108. The molecule has 1 aromatic heterocycles. The van der Waals surface area contributed by atoms with Crippen molar-refractivity contribution in [3.63, 3.8) is 0 Å². The minimum Gasteiger partial charge on any atom is -0.468 e. The standard InChI is InChI=1S/C23H23N3O2/c1-2-27-22(18-11-5-3-6-12-18)17-23(28-19-13-7-4-8-14-19)26-21-16-10-9-15-20(21)24-25-26/h3-16,22-23H,2,17H2,1H3. The van der Waals surface area contributed by atoms with Gasteiger partial charge in [-0.25, -0.2) is 4.68 Å². The summed E-state index contributed by atoms with van der Waals surface area (Å²) >= 11 is 0. The number of rotatable bonds is 8. The molecule has 0 aliphatic carbocycles. The maximum atomic E-state index is 6.35. The topological polar surface area (TPSA) is 49.2 Å². The van der Waals surface area contributed by atoms with E-state index in [2.05, 4.69) is 22.4 Å². The number of benzene rings is 3. The Kier molecular flexibility index (Phi) is 5.64. The summed E-state index contributed by atoms with van der Waals surface area (Å²) in [6.07, 6.45) is 0.148. The number of hydrogen-bond acceptors (Lipinski definition) is 4. The molecule has 0 aliphatic heterocycles. The Morgan fingerprint density at radius 1 is 0.857 bits per heavy atom. The maximum Gasteiger partial charge on any atom is 0.196 e. The van der Waals surface area contributed by atoms with Gasteiger partial charge in [-0.3, -0.25) is 0 Å². The van der Waals surface area contributed by atoms with Crippen LogP contribution in [0.15, 0.2) is 84.9 Å². The third-order valence-corrected chi connectivity index (χ3v) is 4.62. The Bertz CT molecular complexity index is 1000. The first kappa shape index (κ1) is 18.2. The van der Waals surface area contributed by atoms with E-state index in [1.165, 1.54) is 0 Å². The van der Waals surface area contributed by atoms with Gasteiger partial charge in [0, 0.05) is 13.0 Å². The van der Waals surface area contributed by atoms with E-state index in [0.717, 1.165) is 22.3 Å². The highest BCUT2D eigenvalue weighted by Crippen LogP contribution is 2.31. The van der Waals surface area contributed by atoms with Crippen LogP contribution < -0.4 is 4.74 Å². The van der Waals surface area contributed by atoms with Crippen molar-refractivity contribution in [2.45, 2.75) is 25.7 Å². The van der Waals surface area contributed by atoms with Gasteiger partial charge in [-0.2, -0.15) is 0 Å². The molecule has 0 saturated carbocycles. The molecule has 5 nitrogen and oxygen atoms in total. The SMILES string of the molecule is CCOC(CC(Oc1ccccc1)n1nnc2ccccc21)c1ccccc1. The lowest BCUT2D eigenvalue weighted by Crippen LogP contribution is -2.21. The second-order valence-corrected chi connectivity index (χ2v) is 6.50. The van der Waals surface area contributed by atoms with Crippen LogP contribution >= 0.6 is 0 Å². The third kappa shape index (κ3) is 4.05. The van der Waals surface area contributed by atoms with E-state index in [9.17, 15) is 0 Å². The van der Waals surface area contributed by atoms with Crippen LogP contribution in [0.1, 0.15) is 31.2 Å². The van der Waals surface area contributed by atoms with Gasteiger partial charge < -0.3 is 9.47 Å². The van der Waals surface area contributed by atoms with Crippen LogP contribution in [0.25, 0.3) is 11.0 Å². The zero-order valence-corrected chi connectivity index (χ0v) is 15.8. The van der Waals surface area contributed by atoms with Gasteiger partial charge in [-0.05, 0) is 36.8 Å². The van der Waals surface area contributed by atoms with E-state index in [4.69, 9.17) is 9.47 Å². The number of ether oxygens (including phenoxy) is 2. The Morgan fingerprint density at radius 3 is 2.29 bits per heavy atom. The van der Waals surface area contributed by atoms with Crippen LogP contribution in [0.4, 0.5) is 0 Å². The molecule has 2 unspecified atom stereocenters. The third-order valence-electron chi connectivity index (χ3n) is 4.62. The smallest absolute Gasteiger partial charge is 0.196 e. The molecule has 0 radical (unpaired) electrons. The number of para-hydroxylation sites is 2. The van der Waals surface area contributed by atoms with Crippen molar-refractivity contribution < 1.29 is 9.47 Å². The van der Waals surface area contributed by atoms with Crippen molar-refractivity contribution in [3.8, 4) is 5.75 Å². The van der Waals surface area contributed by atoms with E-state index in [1.54, 1.807) is 0 Å². The predicted octanol–water partition coefficient (Wildman–Crippen LogP) is 5.18. The monoisotopic (exact) mass is 373 g/mol. The fourth-order valence-corrected chi connectivity index (χ4v) is 3.31. The summed E-state index contributed by atoms with van der Waals surface area (Å²) in [5.74, 6) is 0.787. The van der Waals surface area contributed by atoms with Crippen molar-refractivity contribution in [2.24, 2.45) is 0 Å². The molecular weight excluding hydrogens is 350 g/mol.